The first-order valence-corrected chi connectivity index (χ1v) is 28.6. The molecule has 3 heterocycles. The number of carboxylic acid groups (broad SMARTS) is 3. The molecule has 22 heteroatoms. The number of carbonyl (C=O) groups is 7. The number of aromatic nitrogens is 1. The van der Waals surface area contributed by atoms with Crippen LogP contribution in [-0.4, -0.2) is 203 Å². The molecule has 2 saturated heterocycles. The molecule has 2 aliphatic heterocycles. The van der Waals surface area contributed by atoms with E-state index in [0.29, 0.717) is 92.9 Å². The van der Waals surface area contributed by atoms with E-state index in [0.717, 1.165) is 77.3 Å². The molecular formula is C58H87N11O11. The first-order chi connectivity index (χ1) is 38.6. The summed E-state index contributed by atoms with van der Waals surface area (Å²) in [6.07, 6.45) is 15.4. The van der Waals surface area contributed by atoms with Gasteiger partial charge in [0.2, 0.25) is 23.6 Å². The number of aryl methyl sites for hydroxylation is 2. The van der Waals surface area contributed by atoms with Crippen molar-refractivity contribution in [1.82, 2.24) is 45.5 Å². The van der Waals surface area contributed by atoms with Gasteiger partial charge in [0, 0.05) is 103 Å². The van der Waals surface area contributed by atoms with Crippen molar-refractivity contribution < 1.29 is 53.6 Å². The second kappa shape index (κ2) is 35.8. The zero-order valence-electron chi connectivity index (χ0n) is 46.9. The Morgan fingerprint density at radius 3 is 1.93 bits per heavy atom. The van der Waals surface area contributed by atoms with Crippen molar-refractivity contribution in [1.29, 1.82) is 0 Å². The van der Waals surface area contributed by atoms with Crippen LogP contribution in [0.15, 0.2) is 59.8 Å². The quantitative estimate of drug-likeness (QED) is 0.0195. The highest BCUT2D eigenvalue weighted by Crippen LogP contribution is 2.25. The van der Waals surface area contributed by atoms with E-state index < -0.39 is 30.0 Å². The van der Waals surface area contributed by atoms with Crippen LogP contribution in [0.25, 0.3) is 10.9 Å². The number of amides is 4. The summed E-state index contributed by atoms with van der Waals surface area (Å²) in [5.41, 5.74) is 12.2. The number of primary amides is 1. The molecule has 0 saturated carbocycles. The minimum Gasteiger partial charge on any atom is -0.494 e. The van der Waals surface area contributed by atoms with Crippen molar-refractivity contribution in [2.24, 2.45) is 16.8 Å². The summed E-state index contributed by atoms with van der Waals surface area (Å²) in [4.78, 5) is 99.8. The molecule has 1 aromatic heterocycles. The third-order valence-corrected chi connectivity index (χ3v) is 14.7. The Morgan fingerprint density at radius 1 is 0.700 bits per heavy atom. The van der Waals surface area contributed by atoms with Crippen LogP contribution >= 0.6 is 0 Å². The van der Waals surface area contributed by atoms with Crippen LogP contribution in [0.3, 0.4) is 0 Å². The summed E-state index contributed by atoms with van der Waals surface area (Å²) in [6, 6.07) is 15.4. The van der Waals surface area contributed by atoms with E-state index >= 15 is 0 Å². The number of pyridine rings is 1. The van der Waals surface area contributed by atoms with Crippen molar-refractivity contribution >= 4 is 58.7 Å². The third kappa shape index (κ3) is 25.6. The number of nitrogens with two attached hydrogens (primary N) is 1. The topological polar surface area (TPSA) is 293 Å². The second-order valence-corrected chi connectivity index (χ2v) is 21.2. The van der Waals surface area contributed by atoms with Crippen LogP contribution in [0.4, 0.5) is 0 Å². The summed E-state index contributed by atoms with van der Waals surface area (Å²) >= 11 is 0. The molecule has 1 atom stereocenters. The number of likely N-dealkylation sites (tertiary alicyclic amines) is 1. The van der Waals surface area contributed by atoms with Gasteiger partial charge in [-0.05, 0) is 120 Å². The molecule has 0 radical (unpaired) electrons. The number of benzene rings is 2. The Labute approximate surface area is 470 Å². The van der Waals surface area contributed by atoms with E-state index in [2.05, 4.69) is 50.4 Å². The van der Waals surface area contributed by atoms with Crippen LogP contribution in [-0.2, 0) is 35.2 Å². The second-order valence-electron chi connectivity index (χ2n) is 21.2. The van der Waals surface area contributed by atoms with Crippen molar-refractivity contribution in [3.05, 3.63) is 71.4 Å². The predicted octanol–water partition coefficient (Wildman–Crippen LogP) is 4.18. The minimum atomic E-state index is -1.03. The van der Waals surface area contributed by atoms with Gasteiger partial charge in [-0.3, -0.25) is 63.6 Å². The zero-order valence-corrected chi connectivity index (χ0v) is 46.9. The number of piperidine rings is 1. The standard InChI is InChI=1S/C58H87N11O11/c1-44-16-18-45(19-17-44)11-9-14-52(70)61-25-8-6-13-51(63-53(71)40-65-30-32-66(41-55(73)74)34-36-68(43-57(77)78)37-35-67(33-31-65)42-56(75)76)64-62-26-7-4-2-3-5-15-54(72)69-28-23-46(24-29-69)12-10-38-80-47-20-21-50-49(39-47)48(58(59)79)22-27-60-50/h16-22,26-27,39,46,51,64H,2-15,23-25,28-38,40-43H2,1H3,(H2,59,79)(H,61,70)(H,63,71)(H,73,74)(H,75,76)(H,77,78)/b62-26+/t51-/m1/s1. The summed E-state index contributed by atoms with van der Waals surface area (Å²) in [7, 11) is 0. The molecule has 2 aromatic carbocycles. The number of hydrogen-bond donors (Lipinski definition) is 7. The number of nitrogens with zero attached hydrogens (tertiary/aromatic N) is 7. The number of ether oxygens (including phenoxy) is 1. The summed E-state index contributed by atoms with van der Waals surface area (Å²) in [5, 5.41) is 40.0. The van der Waals surface area contributed by atoms with E-state index in [1.54, 1.807) is 33.2 Å². The van der Waals surface area contributed by atoms with Crippen LogP contribution in [0, 0.1) is 12.8 Å². The number of carboxylic acids is 3. The maximum Gasteiger partial charge on any atom is 0.317 e. The molecular weight excluding hydrogens is 1030 g/mol. The van der Waals surface area contributed by atoms with Gasteiger partial charge in [0.25, 0.3) is 0 Å². The fourth-order valence-electron chi connectivity index (χ4n) is 10.1. The van der Waals surface area contributed by atoms with Crippen LogP contribution in [0.5, 0.6) is 5.75 Å². The lowest BCUT2D eigenvalue weighted by Gasteiger charge is -2.33. The van der Waals surface area contributed by atoms with E-state index in [1.165, 1.54) is 11.1 Å². The van der Waals surface area contributed by atoms with Gasteiger partial charge in [0.05, 0.1) is 43.9 Å². The van der Waals surface area contributed by atoms with Crippen LogP contribution < -0.4 is 26.5 Å². The van der Waals surface area contributed by atoms with E-state index in [1.807, 2.05) is 34.9 Å². The van der Waals surface area contributed by atoms with Gasteiger partial charge in [-0.25, -0.2) is 0 Å². The van der Waals surface area contributed by atoms with Gasteiger partial charge in [0.1, 0.15) is 11.9 Å². The summed E-state index contributed by atoms with van der Waals surface area (Å²) in [5.74, 6) is -2.48. The number of hydrogen-bond acceptors (Lipinski definition) is 15. The Balaban J connectivity index is 1.03. The molecule has 0 spiro atoms. The number of nitrogens with one attached hydrogen (secondary N) is 3. The number of fused-ring (bicyclic) bond motifs is 1. The maximum absolute atomic E-state index is 13.8. The first kappa shape index (κ1) is 64.1. The van der Waals surface area contributed by atoms with E-state index in [-0.39, 0.29) is 83.2 Å². The number of unbranched alkanes of at least 4 members (excludes halogenated alkanes) is 5. The first-order valence-electron chi connectivity index (χ1n) is 28.6. The normalized spacial score (nSPS) is 16.1. The van der Waals surface area contributed by atoms with Crippen molar-refractivity contribution in [2.75, 3.05) is 105 Å². The van der Waals surface area contributed by atoms with Gasteiger partial charge >= 0.3 is 17.9 Å². The fourth-order valence-corrected chi connectivity index (χ4v) is 10.1. The molecule has 4 amide bonds. The Bertz CT molecular complexity index is 2420. The summed E-state index contributed by atoms with van der Waals surface area (Å²) in [6.45, 7) is 6.08. The molecule has 5 rings (SSSR count). The zero-order chi connectivity index (χ0) is 57.5. The maximum atomic E-state index is 13.8. The molecule has 2 fully saturated rings. The lowest BCUT2D eigenvalue weighted by molar-refractivity contribution is -0.140. The molecule has 80 heavy (non-hydrogen) atoms. The van der Waals surface area contributed by atoms with Gasteiger partial charge in [-0.2, -0.15) is 5.10 Å². The van der Waals surface area contributed by atoms with E-state index in [9.17, 15) is 48.9 Å². The molecule has 0 bridgehead atoms. The third-order valence-electron chi connectivity index (χ3n) is 14.7. The molecule has 2 aliphatic rings. The molecule has 8 N–H and O–H groups in total. The predicted molar refractivity (Wildman–Crippen MR) is 305 cm³/mol. The largest absolute Gasteiger partial charge is 0.494 e. The van der Waals surface area contributed by atoms with E-state index in [4.69, 9.17) is 10.5 Å². The van der Waals surface area contributed by atoms with Crippen LogP contribution in [0.1, 0.15) is 118 Å². The van der Waals surface area contributed by atoms with Crippen molar-refractivity contribution in [3.8, 4) is 5.75 Å². The monoisotopic (exact) mass is 1110 g/mol. The highest BCUT2D eigenvalue weighted by atomic mass is 16.5. The molecule has 3 aromatic rings. The number of hydrazone groups is 1. The Kier molecular flexibility index (Phi) is 28.7. The molecule has 440 valence electrons. The lowest BCUT2D eigenvalue weighted by Crippen LogP contribution is -2.51. The summed E-state index contributed by atoms with van der Waals surface area (Å²) < 4.78 is 6.01. The van der Waals surface area contributed by atoms with Crippen molar-refractivity contribution in [3.63, 3.8) is 0 Å². The molecule has 0 unspecified atom stereocenters. The minimum absolute atomic E-state index is 0.00313. The number of carbonyl (C=O) groups excluding carboxylic acids is 4. The van der Waals surface area contributed by atoms with Gasteiger partial charge in [-0.1, -0.05) is 42.7 Å². The highest BCUT2D eigenvalue weighted by molar-refractivity contribution is 6.05. The van der Waals surface area contributed by atoms with Gasteiger partial charge in [0.15, 0.2) is 0 Å². The number of rotatable bonds is 33. The number of aliphatic carboxylic acids is 3. The van der Waals surface area contributed by atoms with Gasteiger partial charge in [-0.15, -0.1) is 0 Å². The molecule has 22 nitrogen and oxygen atoms in total. The molecule has 0 aliphatic carbocycles. The van der Waals surface area contributed by atoms with Crippen LogP contribution in [0.2, 0.25) is 0 Å². The average molecular weight is 1110 g/mol. The SMILES string of the molecule is Cc1ccc(CCCC(=O)NCCCC[C@@H](N/N=C/CCCCCCC(=O)N2CCC(CCCOc3ccc4nccc(C(N)=O)c4c3)CC2)NC(=O)CN2CCN(CC(=O)O)CCN(CC(=O)O)CCN(CC(=O)O)CC2)cc1. The Hall–Kier alpha value is -6.75. The average Bonchev–Trinajstić information content (AvgIpc) is 3.42. The highest BCUT2D eigenvalue weighted by Gasteiger charge is 2.24. The Morgan fingerprint density at radius 2 is 1.31 bits per heavy atom. The fraction of sp³-hybridized carbons (Fsp3) is 0.603. The van der Waals surface area contributed by atoms with Crippen molar-refractivity contribution in [2.45, 2.75) is 116 Å². The van der Waals surface area contributed by atoms with Gasteiger partial charge < -0.3 is 41.3 Å². The lowest BCUT2D eigenvalue weighted by atomic mass is 9.92. The smallest absolute Gasteiger partial charge is 0.317 e.